The summed E-state index contributed by atoms with van der Waals surface area (Å²) >= 11 is 0. The van der Waals surface area contributed by atoms with Crippen molar-refractivity contribution in [2.75, 3.05) is 7.11 Å². The van der Waals surface area contributed by atoms with Gasteiger partial charge < -0.3 is 14.9 Å². The Morgan fingerprint density at radius 3 is 2.64 bits per heavy atom. The lowest BCUT2D eigenvalue weighted by Gasteiger charge is -2.11. The molecule has 1 rings (SSSR count). The van der Waals surface area contributed by atoms with Crippen molar-refractivity contribution in [1.82, 2.24) is 0 Å². The zero-order valence-electron chi connectivity index (χ0n) is 8.53. The Balaban J connectivity index is 2.85. The lowest BCUT2D eigenvalue weighted by Crippen LogP contribution is -1.96. The summed E-state index contributed by atoms with van der Waals surface area (Å²) in [5.74, 6) is 0.498. The molecule has 14 heavy (non-hydrogen) atoms. The molecule has 1 atom stereocenters. The van der Waals surface area contributed by atoms with E-state index in [2.05, 4.69) is 0 Å². The Hall–Kier alpha value is -1.22. The Labute approximate surface area is 84.0 Å². The van der Waals surface area contributed by atoms with Gasteiger partial charge >= 0.3 is 0 Å². The third-order valence-corrected chi connectivity index (χ3v) is 2.15. The molecule has 0 spiro atoms. The van der Waals surface area contributed by atoms with E-state index in [4.69, 9.17) is 4.74 Å². The van der Waals surface area contributed by atoms with Gasteiger partial charge in [0.05, 0.1) is 13.2 Å². The van der Waals surface area contributed by atoms with E-state index in [1.807, 2.05) is 6.92 Å². The Morgan fingerprint density at radius 2 is 2.14 bits per heavy atom. The molecular formula is C11H16O3. The zero-order chi connectivity index (χ0) is 10.6. The molecule has 0 aliphatic heterocycles. The molecule has 1 unspecified atom stereocenters. The molecule has 2 N–H and O–H groups in total. The number of aliphatic hydroxyl groups excluding tert-OH is 1. The van der Waals surface area contributed by atoms with Crippen LogP contribution in [0.4, 0.5) is 0 Å². The summed E-state index contributed by atoms with van der Waals surface area (Å²) in [5.41, 5.74) is 0.727. The lowest BCUT2D eigenvalue weighted by molar-refractivity contribution is 0.166. The van der Waals surface area contributed by atoms with E-state index in [1.165, 1.54) is 7.11 Å². The minimum atomic E-state index is -0.503. The van der Waals surface area contributed by atoms with E-state index in [9.17, 15) is 10.2 Å². The fourth-order valence-corrected chi connectivity index (χ4v) is 1.35. The fourth-order valence-electron chi connectivity index (χ4n) is 1.35. The van der Waals surface area contributed by atoms with Crippen LogP contribution in [-0.2, 0) is 0 Å². The molecule has 0 saturated heterocycles. The molecule has 3 nitrogen and oxygen atoms in total. The largest absolute Gasteiger partial charge is 0.504 e. The van der Waals surface area contributed by atoms with Crippen LogP contribution in [-0.4, -0.2) is 17.3 Å². The van der Waals surface area contributed by atoms with Gasteiger partial charge in [-0.2, -0.15) is 0 Å². The number of phenolic OH excluding ortho intramolecular Hbond substituents is 1. The summed E-state index contributed by atoms with van der Waals surface area (Å²) in [4.78, 5) is 0. The van der Waals surface area contributed by atoms with Crippen LogP contribution in [0.2, 0.25) is 0 Å². The smallest absolute Gasteiger partial charge is 0.160 e. The highest BCUT2D eigenvalue weighted by Gasteiger charge is 2.09. The molecule has 0 aliphatic rings. The standard InChI is InChI=1S/C11H16O3/c1-3-4-9(12)8-5-6-11(14-2)10(13)7-8/h5-7,9,12-13H,3-4H2,1-2H3. The average Bonchev–Trinajstić information content (AvgIpc) is 2.18. The summed E-state index contributed by atoms with van der Waals surface area (Å²) in [6.45, 7) is 2.01. The topological polar surface area (TPSA) is 49.7 Å². The molecular weight excluding hydrogens is 180 g/mol. The maximum absolute atomic E-state index is 9.66. The van der Waals surface area contributed by atoms with Crippen LogP contribution in [0.25, 0.3) is 0 Å². The van der Waals surface area contributed by atoms with Crippen LogP contribution in [0.15, 0.2) is 18.2 Å². The second-order valence-electron chi connectivity index (χ2n) is 3.24. The van der Waals surface area contributed by atoms with Gasteiger partial charge in [0.1, 0.15) is 0 Å². The predicted octanol–water partition coefficient (Wildman–Crippen LogP) is 2.23. The summed E-state index contributed by atoms with van der Waals surface area (Å²) in [7, 11) is 1.50. The molecule has 0 bridgehead atoms. The molecule has 78 valence electrons. The highest BCUT2D eigenvalue weighted by Crippen LogP contribution is 2.29. The minimum absolute atomic E-state index is 0.0696. The third-order valence-electron chi connectivity index (χ3n) is 2.15. The number of rotatable bonds is 4. The maximum Gasteiger partial charge on any atom is 0.160 e. The van der Waals surface area contributed by atoms with E-state index in [-0.39, 0.29) is 5.75 Å². The number of hydrogen-bond donors (Lipinski definition) is 2. The second-order valence-corrected chi connectivity index (χ2v) is 3.24. The van der Waals surface area contributed by atoms with Crippen LogP contribution >= 0.6 is 0 Å². The zero-order valence-corrected chi connectivity index (χ0v) is 8.53. The Morgan fingerprint density at radius 1 is 1.43 bits per heavy atom. The van der Waals surface area contributed by atoms with Crippen molar-refractivity contribution in [2.45, 2.75) is 25.9 Å². The van der Waals surface area contributed by atoms with Gasteiger partial charge in [-0.05, 0) is 24.1 Å². The summed E-state index contributed by atoms with van der Waals surface area (Å²) < 4.78 is 4.91. The first-order valence-corrected chi connectivity index (χ1v) is 4.74. The molecule has 0 aliphatic carbocycles. The summed E-state index contributed by atoms with van der Waals surface area (Å²) in [6, 6.07) is 4.96. The predicted molar refractivity (Wildman–Crippen MR) is 54.5 cm³/mol. The van der Waals surface area contributed by atoms with E-state index in [0.29, 0.717) is 12.2 Å². The van der Waals surface area contributed by atoms with Gasteiger partial charge in [0.2, 0.25) is 0 Å². The van der Waals surface area contributed by atoms with Crippen LogP contribution in [0.1, 0.15) is 31.4 Å². The molecule has 0 aromatic heterocycles. The van der Waals surface area contributed by atoms with Crippen LogP contribution in [0, 0.1) is 0 Å². The molecule has 1 aromatic rings. The van der Waals surface area contributed by atoms with E-state index < -0.39 is 6.10 Å². The van der Waals surface area contributed by atoms with Crippen LogP contribution in [0.5, 0.6) is 11.5 Å². The Kier molecular flexibility index (Phi) is 3.77. The summed E-state index contributed by atoms with van der Waals surface area (Å²) in [5, 5.41) is 19.1. The normalized spacial score (nSPS) is 12.5. The molecule has 1 aromatic carbocycles. The first-order valence-electron chi connectivity index (χ1n) is 4.74. The average molecular weight is 196 g/mol. The quantitative estimate of drug-likeness (QED) is 0.776. The van der Waals surface area contributed by atoms with Gasteiger partial charge in [0.15, 0.2) is 11.5 Å². The van der Waals surface area contributed by atoms with Gasteiger partial charge in [-0.3, -0.25) is 0 Å². The highest BCUT2D eigenvalue weighted by molar-refractivity contribution is 5.42. The minimum Gasteiger partial charge on any atom is -0.504 e. The number of phenols is 1. The number of ether oxygens (including phenoxy) is 1. The van der Waals surface area contributed by atoms with E-state index >= 15 is 0 Å². The number of aliphatic hydroxyl groups is 1. The summed E-state index contributed by atoms with van der Waals surface area (Å²) in [6.07, 6.45) is 1.11. The lowest BCUT2D eigenvalue weighted by atomic mass is 10.0. The van der Waals surface area contributed by atoms with Crippen molar-refractivity contribution in [2.24, 2.45) is 0 Å². The fraction of sp³-hybridized carbons (Fsp3) is 0.455. The van der Waals surface area contributed by atoms with Crippen molar-refractivity contribution >= 4 is 0 Å². The van der Waals surface area contributed by atoms with Crippen LogP contribution < -0.4 is 4.74 Å². The van der Waals surface area contributed by atoms with Gasteiger partial charge in [-0.25, -0.2) is 0 Å². The van der Waals surface area contributed by atoms with Gasteiger partial charge in [-0.15, -0.1) is 0 Å². The molecule has 0 heterocycles. The first-order chi connectivity index (χ1) is 6.69. The Bertz CT molecular complexity index is 297. The second kappa shape index (κ2) is 4.86. The van der Waals surface area contributed by atoms with Crippen molar-refractivity contribution in [3.05, 3.63) is 23.8 Å². The van der Waals surface area contributed by atoms with Gasteiger partial charge in [0.25, 0.3) is 0 Å². The van der Waals surface area contributed by atoms with Crippen molar-refractivity contribution in [1.29, 1.82) is 0 Å². The van der Waals surface area contributed by atoms with Crippen molar-refractivity contribution in [3.63, 3.8) is 0 Å². The molecule has 0 saturated carbocycles. The van der Waals surface area contributed by atoms with Gasteiger partial charge in [-0.1, -0.05) is 19.4 Å². The van der Waals surface area contributed by atoms with E-state index in [1.54, 1.807) is 18.2 Å². The van der Waals surface area contributed by atoms with E-state index in [0.717, 1.165) is 12.0 Å². The monoisotopic (exact) mass is 196 g/mol. The van der Waals surface area contributed by atoms with Crippen molar-refractivity contribution in [3.8, 4) is 11.5 Å². The van der Waals surface area contributed by atoms with Crippen molar-refractivity contribution < 1.29 is 14.9 Å². The molecule has 0 amide bonds. The number of hydrogen-bond acceptors (Lipinski definition) is 3. The van der Waals surface area contributed by atoms with Crippen LogP contribution in [0.3, 0.4) is 0 Å². The number of benzene rings is 1. The maximum atomic E-state index is 9.66. The van der Waals surface area contributed by atoms with Gasteiger partial charge in [0, 0.05) is 0 Å². The number of aromatic hydroxyl groups is 1. The highest BCUT2D eigenvalue weighted by atomic mass is 16.5. The molecule has 0 radical (unpaired) electrons. The third kappa shape index (κ3) is 2.39. The molecule has 3 heteroatoms. The number of methoxy groups -OCH3 is 1. The first kappa shape index (κ1) is 10.9. The molecule has 0 fully saturated rings. The SMILES string of the molecule is CCCC(O)c1ccc(OC)c(O)c1.